The highest BCUT2D eigenvalue weighted by molar-refractivity contribution is 5.85. The van der Waals surface area contributed by atoms with Crippen molar-refractivity contribution in [3.63, 3.8) is 0 Å². The second-order valence-corrected chi connectivity index (χ2v) is 6.61. The number of rotatable bonds is 5. The molecule has 2 unspecified atom stereocenters. The lowest BCUT2D eigenvalue weighted by Crippen LogP contribution is -2.54. The molecule has 5 nitrogen and oxygen atoms in total. The van der Waals surface area contributed by atoms with E-state index in [0.717, 1.165) is 25.1 Å². The SMILES string of the molecule is CC(C)c1nccn1C1CCC(NC2CC2)(C(N)=O)C1. The lowest BCUT2D eigenvalue weighted by atomic mass is 9.96. The van der Waals surface area contributed by atoms with Gasteiger partial charge in [0.25, 0.3) is 0 Å². The van der Waals surface area contributed by atoms with Crippen LogP contribution in [-0.4, -0.2) is 27.0 Å². The Balaban J connectivity index is 1.80. The second kappa shape index (κ2) is 4.88. The minimum atomic E-state index is -0.510. The summed E-state index contributed by atoms with van der Waals surface area (Å²) < 4.78 is 2.24. The van der Waals surface area contributed by atoms with Gasteiger partial charge in [0.2, 0.25) is 5.91 Å². The van der Waals surface area contributed by atoms with Gasteiger partial charge in [-0.15, -0.1) is 0 Å². The van der Waals surface area contributed by atoms with E-state index < -0.39 is 5.54 Å². The second-order valence-electron chi connectivity index (χ2n) is 6.61. The summed E-state index contributed by atoms with van der Waals surface area (Å²) in [7, 11) is 0. The van der Waals surface area contributed by atoms with Gasteiger partial charge in [-0.2, -0.15) is 0 Å². The molecule has 3 rings (SSSR count). The number of carbonyl (C=O) groups is 1. The van der Waals surface area contributed by atoms with Crippen molar-refractivity contribution in [2.45, 2.75) is 69.5 Å². The molecule has 0 bridgehead atoms. The maximum atomic E-state index is 12.0. The molecule has 2 aliphatic carbocycles. The Hall–Kier alpha value is -1.36. The van der Waals surface area contributed by atoms with E-state index >= 15 is 0 Å². The number of hydrogen-bond acceptors (Lipinski definition) is 3. The summed E-state index contributed by atoms with van der Waals surface area (Å²) in [4.78, 5) is 16.4. The first-order chi connectivity index (χ1) is 9.52. The van der Waals surface area contributed by atoms with Crippen LogP contribution >= 0.6 is 0 Å². The third-order valence-corrected chi connectivity index (χ3v) is 4.63. The number of primary amides is 1. The molecular formula is C15H24N4O. The summed E-state index contributed by atoms with van der Waals surface area (Å²) in [5.41, 5.74) is 5.19. The number of hydrogen-bond donors (Lipinski definition) is 2. The zero-order chi connectivity index (χ0) is 14.3. The number of nitrogens with zero attached hydrogens (tertiary/aromatic N) is 2. The van der Waals surface area contributed by atoms with E-state index in [1.807, 2.05) is 12.4 Å². The van der Waals surface area contributed by atoms with Crippen molar-refractivity contribution in [2.24, 2.45) is 5.73 Å². The van der Waals surface area contributed by atoms with Crippen LogP contribution in [0.1, 0.15) is 63.7 Å². The van der Waals surface area contributed by atoms with Crippen molar-refractivity contribution in [1.82, 2.24) is 14.9 Å². The fourth-order valence-electron chi connectivity index (χ4n) is 3.38. The first kappa shape index (κ1) is 13.6. The maximum absolute atomic E-state index is 12.0. The number of amides is 1. The number of nitrogens with two attached hydrogens (primary N) is 1. The van der Waals surface area contributed by atoms with Gasteiger partial charge in [-0.25, -0.2) is 4.98 Å². The summed E-state index contributed by atoms with van der Waals surface area (Å²) in [6.45, 7) is 4.30. The Morgan fingerprint density at radius 2 is 2.25 bits per heavy atom. The summed E-state index contributed by atoms with van der Waals surface area (Å²) in [6.07, 6.45) is 8.83. The van der Waals surface area contributed by atoms with Gasteiger partial charge in [-0.3, -0.25) is 4.79 Å². The van der Waals surface area contributed by atoms with Crippen molar-refractivity contribution in [3.8, 4) is 0 Å². The van der Waals surface area contributed by atoms with Gasteiger partial charge >= 0.3 is 0 Å². The average molecular weight is 276 g/mol. The van der Waals surface area contributed by atoms with Crippen molar-refractivity contribution >= 4 is 5.91 Å². The van der Waals surface area contributed by atoms with E-state index in [1.165, 1.54) is 12.8 Å². The standard InChI is InChI=1S/C15H24N4O/c1-10(2)13-17-7-8-19(13)12-5-6-15(9-12,14(16)20)18-11-3-4-11/h7-8,10-12,18H,3-6,9H2,1-2H3,(H2,16,20). The fraction of sp³-hybridized carbons (Fsp3) is 0.733. The number of nitrogens with one attached hydrogen (secondary N) is 1. The van der Waals surface area contributed by atoms with E-state index in [2.05, 4.69) is 28.7 Å². The van der Waals surface area contributed by atoms with Crippen LogP contribution in [-0.2, 0) is 4.79 Å². The number of carbonyl (C=O) groups excluding carboxylic acids is 1. The largest absolute Gasteiger partial charge is 0.368 e. The first-order valence-electron chi connectivity index (χ1n) is 7.62. The van der Waals surface area contributed by atoms with Crippen LogP contribution in [0.4, 0.5) is 0 Å². The predicted molar refractivity (Wildman–Crippen MR) is 77.3 cm³/mol. The molecule has 0 saturated heterocycles. The topological polar surface area (TPSA) is 72.9 Å². The summed E-state index contributed by atoms with van der Waals surface area (Å²) >= 11 is 0. The number of aromatic nitrogens is 2. The molecule has 3 N–H and O–H groups in total. The Kier molecular flexibility index (Phi) is 3.32. The minimum absolute atomic E-state index is 0.196. The van der Waals surface area contributed by atoms with E-state index in [0.29, 0.717) is 18.0 Å². The van der Waals surface area contributed by atoms with Crippen LogP contribution in [0.5, 0.6) is 0 Å². The molecule has 0 radical (unpaired) electrons. The quantitative estimate of drug-likeness (QED) is 0.860. The average Bonchev–Trinajstić information content (AvgIpc) is 2.92. The van der Waals surface area contributed by atoms with Crippen LogP contribution in [0.3, 0.4) is 0 Å². The highest BCUT2D eigenvalue weighted by atomic mass is 16.1. The highest BCUT2D eigenvalue weighted by Gasteiger charge is 2.47. The van der Waals surface area contributed by atoms with Crippen LogP contribution in [0, 0.1) is 0 Å². The molecule has 2 aliphatic rings. The van der Waals surface area contributed by atoms with E-state index in [1.54, 1.807) is 0 Å². The zero-order valence-corrected chi connectivity index (χ0v) is 12.3. The molecule has 1 aromatic heterocycles. The monoisotopic (exact) mass is 276 g/mol. The molecular weight excluding hydrogens is 252 g/mol. The van der Waals surface area contributed by atoms with Gasteiger partial charge in [-0.05, 0) is 32.1 Å². The molecule has 0 aliphatic heterocycles. The zero-order valence-electron chi connectivity index (χ0n) is 12.3. The molecule has 5 heteroatoms. The molecule has 1 heterocycles. The van der Waals surface area contributed by atoms with E-state index in [9.17, 15) is 4.79 Å². The van der Waals surface area contributed by atoms with E-state index in [4.69, 9.17) is 5.73 Å². The fourth-order valence-corrected chi connectivity index (χ4v) is 3.38. The minimum Gasteiger partial charge on any atom is -0.368 e. The van der Waals surface area contributed by atoms with E-state index in [-0.39, 0.29) is 5.91 Å². The molecule has 20 heavy (non-hydrogen) atoms. The normalized spacial score (nSPS) is 30.1. The smallest absolute Gasteiger partial charge is 0.237 e. The van der Waals surface area contributed by atoms with Crippen LogP contribution in [0.2, 0.25) is 0 Å². The van der Waals surface area contributed by atoms with Gasteiger partial charge in [0, 0.05) is 30.4 Å². The van der Waals surface area contributed by atoms with Crippen molar-refractivity contribution in [3.05, 3.63) is 18.2 Å². The Bertz CT molecular complexity index is 506. The summed E-state index contributed by atoms with van der Waals surface area (Å²) in [5.74, 6) is 1.30. The summed E-state index contributed by atoms with van der Waals surface area (Å²) in [6, 6.07) is 0.822. The van der Waals surface area contributed by atoms with Crippen molar-refractivity contribution < 1.29 is 4.79 Å². The van der Waals surface area contributed by atoms with Gasteiger partial charge in [-0.1, -0.05) is 13.8 Å². The molecule has 110 valence electrons. The maximum Gasteiger partial charge on any atom is 0.237 e. The van der Waals surface area contributed by atoms with Crippen LogP contribution in [0.15, 0.2) is 12.4 Å². The van der Waals surface area contributed by atoms with Gasteiger partial charge in [0.05, 0.1) is 5.54 Å². The van der Waals surface area contributed by atoms with Gasteiger partial charge in [0.1, 0.15) is 5.82 Å². The van der Waals surface area contributed by atoms with Crippen LogP contribution in [0.25, 0.3) is 0 Å². The Morgan fingerprint density at radius 3 is 2.85 bits per heavy atom. The highest BCUT2D eigenvalue weighted by Crippen LogP contribution is 2.40. The van der Waals surface area contributed by atoms with Crippen LogP contribution < -0.4 is 11.1 Å². The lowest BCUT2D eigenvalue weighted by Gasteiger charge is -2.28. The summed E-state index contributed by atoms with van der Waals surface area (Å²) in [5, 5.41) is 3.50. The molecule has 1 aromatic rings. The Labute approximate surface area is 119 Å². The number of imidazole rings is 1. The molecule has 1 amide bonds. The molecule has 2 atom stereocenters. The predicted octanol–water partition coefficient (Wildman–Crippen LogP) is 1.71. The van der Waals surface area contributed by atoms with Crippen molar-refractivity contribution in [1.29, 1.82) is 0 Å². The van der Waals surface area contributed by atoms with Gasteiger partial charge < -0.3 is 15.6 Å². The Morgan fingerprint density at radius 1 is 1.50 bits per heavy atom. The molecule has 0 aromatic carbocycles. The third-order valence-electron chi connectivity index (χ3n) is 4.63. The lowest BCUT2D eigenvalue weighted by molar-refractivity contribution is -0.124. The molecule has 2 fully saturated rings. The first-order valence-corrected chi connectivity index (χ1v) is 7.62. The molecule has 0 spiro atoms. The van der Waals surface area contributed by atoms with Gasteiger partial charge in [0.15, 0.2) is 0 Å². The third kappa shape index (κ3) is 2.35. The van der Waals surface area contributed by atoms with Crippen molar-refractivity contribution in [2.75, 3.05) is 0 Å². The molecule has 2 saturated carbocycles.